The Bertz CT molecular complexity index is 617. The number of likely N-dealkylation sites (N-methyl/N-ethyl adjacent to an activating group) is 1. The first-order chi connectivity index (χ1) is 10.9. The van der Waals surface area contributed by atoms with E-state index in [9.17, 15) is 19.8 Å². The summed E-state index contributed by atoms with van der Waals surface area (Å²) in [6, 6.07) is -0.546. The topological polar surface area (TPSA) is 81.1 Å². The normalized spacial score (nSPS) is 39.4. The van der Waals surface area contributed by atoms with Gasteiger partial charge in [0, 0.05) is 13.5 Å². The van der Waals surface area contributed by atoms with Crippen molar-refractivity contribution in [1.29, 1.82) is 0 Å². The van der Waals surface area contributed by atoms with Crippen molar-refractivity contribution >= 4 is 35.3 Å². The summed E-state index contributed by atoms with van der Waals surface area (Å²) < 4.78 is 0. The van der Waals surface area contributed by atoms with Crippen LogP contribution in [0.2, 0.25) is 0 Å². The molecular weight excluding hydrogens is 336 g/mol. The summed E-state index contributed by atoms with van der Waals surface area (Å²) >= 11 is 2.46. The lowest BCUT2D eigenvalue weighted by molar-refractivity contribution is -0.167. The van der Waals surface area contributed by atoms with Crippen LogP contribution in [0.25, 0.3) is 0 Å². The monoisotopic (exact) mass is 356 g/mol. The molecule has 2 heterocycles. The Kier molecular flexibility index (Phi) is 4.07. The fourth-order valence-electron chi connectivity index (χ4n) is 3.73. The van der Waals surface area contributed by atoms with Crippen molar-refractivity contribution < 1.29 is 19.8 Å². The van der Waals surface area contributed by atoms with Crippen LogP contribution in [0.5, 0.6) is 0 Å². The number of thioether (sulfide) groups is 2. The van der Waals surface area contributed by atoms with Crippen molar-refractivity contribution in [2.75, 3.05) is 26.2 Å². The van der Waals surface area contributed by atoms with Crippen LogP contribution in [0.1, 0.15) is 6.42 Å². The van der Waals surface area contributed by atoms with Gasteiger partial charge in [0.1, 0.15) is 0 Å². The maximum atomic E-state index is 13.3. The van der Waals surface area contributed by atoms with Gasteiger partial charge in [0.15, 0.2) is 9.74 Å². The highest BCUT2D eigenvalue weighted by Gasteiger charge is 2.67. The standard InChI is InChI=1S/C15H20N2O4S2/c1-16-12(20)14(22-2)7-9-5-4-6-10(19)11(9)17(14)13(21)15(16,8-18)23-3/h4-6,10-11,18-19H,7-8H2,1-3H3/t10-,11-,14+,15+/m0/s1. The molecule has 8 heteroatoms. The number of aliphatic hydroxyl groups excluding tert-OH is 2. The fourth-order valence-corrected chi connectivity index (χ4v) is 5.51. The molecule has 0 spiro atoms. The van der Waals surface area contributed by atoms with E-state index >= 15 is 0 Å². The zero-order valence-electron chi connectivity index (χ0n) is 13.2. The molecule has 4 atom stereocenters. The van der Waals surface area contributed by atoms with Crippen molar-refractivity contribution in [3.8, 4) is 0 Å². The maximum absolute atomic E-state index is 13.3. The zero-order chi connectivity index (χ0) is 17.0. The number of rotatable bonds is 3. The summed E-state index contributed by atoms with van der Waals surface area (Å²) in [4.78, 5) is 26.9. The molecule has 0 aromatic carbocycles. The maximum Gasteiger partial charge on any atom is 0.263 e. The van der Waals surface area contributed by atoms with Gasteiger partial charge >= 0.3 is 0 Å². The lowest BCUT2D eigenvalue weighted by Crippen LogP contribution is -2.74. The first-order valence-corrected chi connectivity index (χ1v) is 9.73. The number of nitrogens with zero attached hydrogens (tertiary/aromatic N) is 2. The number of fused-ring (bicyclic) bond motifs is 3. The Morgan fingerprint density at radius 3 is 2.57 bits per heavy atom. The summed E-state index contributed by atoms with van der Waals surface area (Å²) in [7, 11) is 1.56. The molecule has 126 valence electrons. The third-order valence-corrected chi connectivity index (χ3v) is 7.50. The van der Waals surface area contributed by atoms with Gasteiger partial charge in [0.2, 0.25) is 0 Å². The van der Waals surface area contributed by atoms with Crippen molar-refractivity contribution in [3.63, 3.8) is 0 Å². The van der Waals surface area contributed by atoms with E-state index in [1.54, 1.807) is 31.7 Å². The first-order valence-electron chi connectivity index (χ1n) is 7.28. The second kappa shape index (κ2) is 5.54. The van der Waals surface area contributed by atoms with Crippen LogP contribution in [-0.2, 0) is 9.59 Å². The highest BCUT2D eigenvalue weighted by molar-refractivity contribution is 8.01. The van der Waals surface area contributed by atoms with E-state index < -0.39 is 28.5 Å². The molecular formula is C15H20N2O4S2. The molecule has 0 bridgehead atoms. The smallest absolute Gasteiger partial charge is 0.263 e. The molecule has 0 saturated carbocycles. The molecule has 1 aliphatic carbocycles. The van der Waals surface area contributed by atoms with Gasteiger partial charge in [0.05, 0.1) is 18.8 Å². The average Bonchev–Trinajstić information content (AvgIpc) is 2.91. The molecule has 6 nitrogen and oxygen atoms in total. The van der Waals surface area contributed by atoms with E-state index in [1.165, 1.54) is 21.6 Å². The predicted molar refractivity (Wildman–Crippen MR) is 90.8 cm³/mol. The average molecular weight is 356 g/mol. The highest BCUT2D eigenvalue weighted by Crippen LogP contribution is 2.53. The number of amides is 2. The van der Waals surface area contributed by atoms with Gasteiger partial charge in [-0.25, -0.2) is 0 Å². The van der Waals surface area contributed by atoms with Crippen LogP contribution in [0.15, 0.2) is 23.8 Å². The Morgan fingerprint density at radius 1 is 1.30 bits per heavy atom. The van der Waals surface area contributed by atoms with Crippen LogP contribution in [0.4, 0.5) is 0 Å². The summed E-state index contributed by atoms with van der Waals surface area (Å²) in [5.74, 6) is -0.540. The third-order valence-electron chi connectivity index (χ3n) is 5.06. The number of allylic oxidation sites excluding steroid dienone is 2. The summed E-state index contributed by atoms with van der Waals surface area (Å²) in [6.45, 7) is -0.464. The molecule has 23 heavy (non-hydrogen) atoms. The van der Waals surface area contributed by atoms with Gasteiger partial charge in [-0.2, -0.15) is 0 Å². The van der Waals surface area contributed by atoms with E-state index in [1.807, 2.05) is 6.08 Å². The number of aliphatic hydroxyl groups is 2. The molecule has 3 aliphatic rings. The number of hydrogen-bond donors (Lipinski definition) is 2. The van der Waals surface area contributed by atoms with E-state index in [4.69, 9.17) is 0 Å². The third kappa shape index (κ3) is 1.92. The molecule has 0 aromatic rings. The summed E-state index contributed by atoms with van der Waals surface area (Å²) in [6.07, 6.45) is 8.31. The molecule has 3 rings (SSSR count). The van der Waals surface area contributed by atoms with Crippen LogP contribution < -0.4 is 0 Å². The minimum Gasteiger partial charge on any atom is -0.392 e. The summed E-state index contributed by atoms with van der Waals surface area (Å²) in [5, 5.41) is 20.3. The van der Waals surface area contributed by atoms with Crippen molar-refractivity contribution in [2.45, 2.75) is 28.3 Å². The van der Waals surface area contributed by atoms with E-state index in [0.717, 1.165) is 17.3 Å². The van der Waals surface area contributed by atoms with Crippen molar-refractivity contribution in [2.24, 2.45) is 0 Å². The highest BCUT2D eigenvalue weighted by atomic mass is 32.2. The van der Waals surface area contributed by atoms with Crippen molar-refractivity contribution in [3.05, 3.63) is 23.8 Å². The van der Waals surface area contributed by atoms with Gasteiger partial charge in [-0.3, -0.25) is 9.59 Å². The van der Waals surface area contributed by atoms with E-state index in [0.29, 0.717) is 6.42 Å². The Hall–Kier alpha value is -0.960. The predicted octanol–water partition coefficient (Wildman–Crippen LogP) is 0.0273. The van der Waals surface area contributed by atoms with Gasteiger partial charge in [-0.05, 0) is 18.1 Å². The molecule has 2 N–H and O–H groups in total. The molecule has 0 unspecified atom stereocenters. The first kappa shape index (κ1) is 16.9. The number of piperazine rings is 1. The largest absolute Gasteiger partial charge is 0.392 e. The zero-order valence-corrected chi connectivity index (χ0v) is 14.9. The Morgan fingerprint density at radius 2 is 2.00 bits per heavy atom. The SMILES string of the molecule is CS[C@]1(CO)C(=O)N2[C@H]3C(=CC=C[C@@H]3O)C[C@@]2(SC)C(=O)N1C. The van der Waals surface area contributed by atoms with Crippen molar-refractivity contribution in [1.82, 2.24) is 9.80 Å². The number of carbonyl (C=O) groups excluding carboxylic acids is 2. The van der Waals surface area contributed by atoms with Gasteiger partial charge in [-0.1, -0.05) is 18.2 Å². The molecule has 2 aliphatic heterocycles. The van der Waals surface area contributed by atoms with Crippen LogP contribution in [-0.4, -0.2) is 79.9 Å². The number of carbonyl (C=O) groups is 2. The van der Waals surface area contributed by atoms with Gasteiger partial charge < -0.3 is 20.0 Å². The molecule has 2 saturated heterocycles. The lowest BCUT2D eigenvalue weighted by atomic mass is 9.97. The summed E-state index contributed by atoms with van der Waals surface area (Å²) in [5.41, 5.74) is 0.874. The number of hydrogen-bond acceptors (Lipinski definition) is 6. The van der Waals surface area contributed by atoms with Gasteiger partial charge in [-0.15, -0.1) is 23.5 Å². The Labute approximate surface area is 143 Å². The molecule has 2 amide bonds. The van der Waals surface area contributed by atoms with Crippen LogP contribution >= 0.6 is 23.5 Å². The van der Waals surface area contributed by atoms with E-state index in [2.05, 4.69) is 0 Å². The van der Waals surface area contributed by atoms with Crippen LogP contribution in [0, 0.1) is 0 Å². The quantitative estimate of drug-likeness (QED) is 0.742. The molecule has 0 aromatic heterocycles. The minimum absolute atomic E-state index is 0.212. The second-order valence-corrected chi connectivity index (χ2v) is 8.08. The lowest BCUT2D eigenvalue weighted by Gasteiger charge is -2.53. The Balaban J connectivity index is 2.19. The van der Waals surface area contributed by atoms with Gasteiger partial charge in [0.25, 0.3) is 11.8 Å². The molecule has 2 fully saturated rings. The van der Waals surface area contributed by atoms with E-state index in [-0.39, 0.29) is 11.8 Å². The van der Waals surface area contributed by atoms with Crippen LogP contribution in [0.3, 0.4) is 0 Å². The second-order valence-electron chi connectivity index (χ2n) is 5.91. The fraction of sp³-hybridized carbons (Fsp3) is 0.600. The minimum atomic E-state index is -1.34. The molecule has 0 radical (unpaired) electrons.